The molecule has 144 heavy (non-hydrogen) atoms. The lowest BCUT2D eigenvalue weighted by atomic mass is 9.92. The number of ketones is 14. The van der Waals surface area contributed by atoms with E-state index < -0.39 is 81.0 Å². The molecule has 0 atom stereocenters. The lowest BCUT2D eigenvalue weighted by molar-refractivity contribution is -0.115. The van der Waals surface area contributed by atoms with Gasteiger partial charge in [0.15, 0.2) is 0 Å². The molecule has 754 valence electrons. The quantitative estimate of drug-likeness (QED) is 0.0168. The number of unbranched alkanes of at least 4 members (excludes halogenated alkanes) is 9. The second-order valence-corrected chi connectivity index (χ2v) is 33.8. The van der Waals surface area contributed by atoms with Gasteiger partial charge in [-0.05, 0) is 82.3 Å². The Bertz CT molecular complexity index is 6400. The molecule has 7 aromatic rings. The van der Waals surface area contributed by atoms with Gasteiger partial charge in [0.05, 0.1) is 114 Å². The summed E-state index contributed by atoms with van der Waals surface area (Å²) in [6, 6.07) is 36.8. The number of rotatable bonds is 32. The van der Waals surface area contributed by atoms with E-state index in [2.05, 4.69) is 45.7 Å². The van der Waals surface area contributed by atoms with Crippen LogP contribution in [0, 0.1) is 0 Å². The van der Waals surface area contributed by atoms with Crippen molar-refractivity contribution in [1.29, 1.82) is 0 Å². The zero-order valence-electron chi connectivity index (χ0n) is 82.7. The largest absolute Gasteiger partial charge is 0.496 e. The number of allylic oxidation sites excluding steroid dienone is 7. The van der Waals surface area contributed by atoms with Gasteiger partial charge < -0.3 is 65.1 Å². The maximum absolute atomic E-state index is 12.2. The summed E-state index contributed by atoms with van der Waals surface area (Å²) in [5, 5.41) is 15.3. The topological polar surface area (TPSA) is 478 Å². The Hall–Kier alpha value is -16.2. The molecule has 7 aliphatic rings. The molecule has 0 bridgehead atoms. The number of hydrogen-bond acceptors (Lipinski definition) is 27. The highest BCUT2D eigenvalue weighted by Crippen LogP contribution is 2.40. The average molecular weight is 1990 g/mol. The summed E-state index contributed by atoms with van der Waals surface area (Å²) in [7, 11) is 2.84. The number of nitrogens with one attached hydrogen (secondary N) is 6. The first kappa shape index (κ1) is 113. The highest BCUT2D eigenvalue weighted by atomic mass is 35.5. The summed E-state index contributed by atoms with van der Waals surface area (Å²) in [6.07, 6.45) is 21.7. The highest BCUT2D eigenvalue weighted by molar-refractivity contribution is 6.64. The van der Waals surface area contributed by atoms with Crippen molar-refractivity contribution >= 4 is 202 Å². The zero-order chi connectivity index (χ0) is 106. The standard InChI is InChI=1S/C20H25NO4.C18H21NO4.C17H19NO4.C16H17NO4.C13H11ClO3.2C13H11NO4/c1-3-4-5-6-7-8-12-25-18-13-17(23)20(24)19-15(18)10-9-11-16(19)21-14(2)22;1-3-4-5-6-10-23-16-11-15(21)18(22)17-13(16)8-7-9-14(17)19-12(2)20;1-4-11(5-2)22-15-9-14(20)17(21)16-12(15)7-6-8-13(16)18-10(3)19;1-3-4-8-21-14-9-13(19)16(20)15-11(14)6-5-7-12(15)17-10(2)18;1-7(2)17-13-9-6-4-3-5-8(9)11(15)12(16)10(13)14;2*1-7(15)14-9-5-3-4-8-11(18-2)6-10(16)13(17)12(8)9/h9-11,13H,3-8,12H2,1-2H3,(H,21,22);7-9,11H,3-6,10H2,1-2H3,(H,19,20);6-9,11H,4-5H2,1-3H3,(H,18,19);5-7,9H,3-4,8H2,1-2H3,(H,17,18);3-7H,1-2H3;2*3-6H,1-2H3,(H,14,15). The summed E-state index contributed by atoms with van der Waals surface area (Å²) in [4.78, 5) is 234. The van der Waals surface area contributed by atoms with Gasteiger partial charge in [0.2, 0.25) is 116 Å². The number of hydrogen-bond donors (Lipinski definition) is 6. The molecule has 6 amide bonds. The van der Waals surface area contributed by atoms with Crippen LogP contribution < -0.4 is 31.9 Å². The molecule has 7 aliphatic carbocycles. The minimum atomic E-state index is -0.707. The van der Waals surface area contributed by atoms with E-state index in [1.165, 1.54) is 106 Å². The first-order chi connectivity index (χ1) is 68.7. The van der Waals surface area contributed by atoms with E-state index in [1.807, 2.05) is 34.6 Å². The fourth-order valence-corrected chi connectivity index (χ4v) is 15.5. The van der Waals surface area contributed by atoms with Crippen LogP contribution in [0.15, 0.2) is 175 Å². The predicted molar refractivity (Wildman–Crippen MR) is 543 cm³/mol. The van der Waals surface area contributed by atoms with Crippen molar-refractivity contribution in [1.82, 2.24) is 0 Å². The molecule has 0 radical (unpaired) electrons. The van der Waals surface area contributed by atoms with Gasteiger partial charge in [-0.1, -0.05) is 201 Å². The van der Waals surface area contributed by atoms with E-state index in [1.54, 1.807) is 133 Å². The van der Waals surface area contributed by atoms with Crippen LogP contribution in [0.3, 0.4) is 0 Å². The Labute approximate surface area is 837 Å². The SMILES string of the molecule is CC(C)OC1=C(Cl)C(=O)C(=O)c2ccccc21.CCC(CC)OC1=CC(=O)C(=O)c2c(NC(C)=O)cccc21.CCCCCCCCOC1=CC(=O)C(=O)c2c(NC(C)=O)cccc21.CCCCCCOC1=CC(=O)C(=O)c2c(NC(C)=O)cccc21.CCCCOC1=CC(=O)C(=O)c2c(NC(C)=O)cccc21.COC1=CC(=O)C(=O)c2c(NC(C)=O)cccc21.COC1=CC(=O)C(=O)c2c(NC(C)=O)cccc21. The summed E-state index contributed by atoms with van der Waals surface area (Å²) in [6.45, 7) is 23.6. The number of anilines is 6. The van der Waals surface area contributed by atoms with Gasteiger partial charge in [-0.15, -0.1) is 0 Å². The molecule has 0 aromatic heterocycles. The van der Waals surface area contributed by atoms with Gasteiger partial charge in [0.1, 0.15) is 45.3 Å². The van der Waals surface area contributed by atoms with E-state index in [4.69, 9.17) is 44.8 Å². The average Bonchev–Trinajstić information content (AvgIpc) is 1.71. The van der Waals surface area contributed by atoms with E-state index in [0.717, 1.165) is 76.4 Å². The fourth-order valence-electron chi connectivity index (χ4n) is 15.3. The Morgan fingerprint density at radius 1 is 0.271 bits per heavy atom. The van der Waals surface area contributed by atoms with E-state index in [9.17, 15) is 95.9 Å². The molecule has 0 aliphatic heterocycles. The summed E-state index contributed by atoms with van der Waals surface area (Å²) in [5.41, 5.74) is 7.31. The maximum atomic E-state index is 12.2. The van der Waals surface area contributed by atoms with Crippen LogP contribution in [0.5, 0.6) is 0 Å². The molecule has 0 heterocycles. The first-order valence-electron chi connectivity index (χ1n) is 46.9. The van der Waals surface area contributed by atoms with Gasteiger partial charge >= 0.3 is 0 Å². The lowest BCUT2D eigenvalue weighted by Crippen LogP contribution is -2.23. The second kappa shape index (κ2) is 54.6. The number of halogens is 1. The van der Waals surface area contributed by atoms with E-state index >= 15 is 0 Å². The Morgan fingerprint density at radius 3 is 0.778 bits per heavy atom. The van der Waals surface area contributed by atoms with Crippen LogP contribution >= 0.6 is 11.6 Å². The monoisotopic (exact) mass is 1990 g/mol. The van der Waals surface area contributed by atoms with Crippen LogP contribution in [0.4, 0.5) is 34.1 Å². The first-order valence-corrected chi connectivity index (χ1v) is 47.2. The number of fused-ring (bicyclic) bond motifs is 7. The predicted octanol–water partition coefficient (Wildman–Crippen LogP) is 18.6. The molecule has 0 fully saturated rings. The van der Waals surface area contributed by atoms with E-state index in [-0.39, 0.29) is 86.1 Å². The number of ether oxygens (including phenoxy) is 7. The number of methoxy groups -OCH3 is 2. The van der Waals surface area contributed by atoms with Gasteiger partial charge in [-0.3, -0.25) is 95.9 Å². The molecule has 33 nitrogen and oxygen atoms in total. The molecular formula is C110H115ClN6O27. The molecule has 0 saturated heterocycles. The van der Waals surface area contributed by atoms with Crippen molar-refractivity contribution in [3.8, 4) is 0 Å². The molecule has 0 saturated carbocycles. The second-order valence-electron chi connectivity index (χ2n) is 33.4. The summed E-state index contributed by atoms with van der Waals surface area (Å²) < 4.78 is 38.6. The molecule has 0 spiro atoms. The molecule has 0 unspecified atom stereocenters. The number of carbonyl (C=O) groups excluding carboxylic acids is 20. The van der Waals surface area contributed by atoms with Crippen LogP contribution in [0.1, 0.15) is 291 Å². The van der Waals surface area contributed by atoms with Crippen LogP contribution in [-0.4, -0.2) is 163 Å². The number of carbonyl (C=O) groups is 20. The summed E-state index contributed by atoms with van der Waals surface area (Å²) in [5.74, 6) is -8.19. The third kappa shape index (κ3) is 29.9. The minimum Gasteiger partial charge on any atom is -0.496 e. The van der Waals surface area contributed by atoms with Gasteiger partial charge in [0, 0.05) is 123 Å². The van der Waals surface area contributed by atoms with Crippen molar-refractivity contribution in [3.63, 3.8) is 0 Å². The Kier molecular flexibility index (Phi) is 42.8. The Balaban J connectivity index is 0.000000206. The van der Waals surface area contributed by atoms with Crippen molar-refractivity contribution in [2.45, 2.75) is 192 Å². The van der Waals surface area contributed by atoms with Crippen LogP contribution in [0.25, 0.3) is 40.3 Å². The third-order valence-electron chi connectivity index (χ3n) is 21.9. The molecule has 7 aromatic carbocycles. The molecule has 6 N–H and O–H groups in total. The Morgan fingerprint density at radius 2 is 0.507 bits per heavy atom. The smallest absolute Gasteiger partial charge is 0.248 e. The van der Waals surface area contributed by atoms with Crippen molar-refractivity contribution in [3.05, 3.63) is 253 Å². The number of Topliss-reactive ketones (excluding diaryl/α,β-unsaturated/α-hetero) is 8. The van der Waals surface area contributed by atoms with Crippen LogP contribution in [-0.2, 0) is 95.5 Å². The molecule has 14 rings (SSSR count). The van der Waals surface area contributed by atoms with Crippen molar-refractivity contribution in [2.24, 2.45) is 0 Å². The van der Waals surface area contributed by atoms with Crippen molar-refractivity contribution < 1.29 is 129 Å². The summed E-state index contributed by atoms with van der Waals surface area (Å²) >= 11 is 5.88. The minimum absolute atomic E-state index is 0.0236. The zero-order valence-corrected chi connectivity index (χ0v) is 83.5. The maximum Gasteiger partial charge on any atom is 0.248 e. The normalized spacial score (nSPS) is 13.8. The third-order valence-corrected chi connectivity index (χ3v) is 22.3. The molecular weight excluding hydrogens is 1870 g/mol. The van der Waals surface area contributed by atoms with Gasteiger partial charge in [-0.25, -0.2) is 0 Å². The van der Waals surface area contributed by atoms with Crippen molar-refractivity contribution in [2.75, 3.05) is 65.9 Å². The van der Waals surface area contributed by atoms with Crippen LogP contribution in [0.2, 0.25) is 0 Å². The van der Waals surface area contributed by atoms with E-state index in [0.29, 0.717) is 139 Å². The fraction of sp³-hybridized carbons (Fsp3) is 0.309. The highest BCUT2D eigenvalue weighted by Gasteiger charge is 2.38. The molecule has 34 heteroatoms. The van der Waals surface area contributed by atoms with Gasteiger partial charge in [0.25, 0.3) is 0 Å². The van der Waals surface area contributed by atoms with Gasteiger partial charge in [-0.2, -0.15) is 0 Å². The number of benzene rings is 7. The number of amides is 6. The lowest BCUT2D eigenvalue weighted by Gasteiger charge is -2.23.